The lowest BCUT2D eigenvalue weighted by molar-refractivity contribution is 0.184. The minimum absolute atomic E-state index is 0.274. The third-order valence-electron chi connectivity index (χ3n) is 2.73. The highest BCUT2D eigenvalue weighted by molar-refractivity contribution is 7.88. The SMILES string of the molecule is Cc1nnc(NC(=O)N2CCN(S(C)(=O)=O)CC2)s1. The first-order chi connectivity index (χ1) is 8.86. The maximum Gasteiger partial charge on any atom is 0.323 e. The van der Waals surface area contributed by atoms with E-state index in [0.717, 1.165) is 5.01 Å². The second-order valence-corrected chi connectivity index (χ2v) is 7.37. The fraction of sp³-hybridized carbons (Fsp3) is 0.667. The van der Waals surface area contributed by atoms with Gasteiger partial charge in [-0.3, -0.25) is 5.32 Å². The quantitative estimate of drug-likeness (QED) is 0.827. The Labute approximate surface area is 115 Å². The van der Waals surface area contributed by atoms with Crippen molar-refractivity contribution >= 4 is 32.5 Å². The fourth-order valence-electron chi connectivity index (χ4n) is 1.74. The summed E-state index contributed by atoms with van der Waals surface area (Å²) in [4.78, 5) is 13.5. The highest BCUT2D eigenvalue weighted by Gasteiger charge is 2.26. The number of aromatic nitrogens is 2. The van der Waals surface area contributed by atoms with Crippen molar-refractivity contribution in [1.82, 2.24) is 19.4 Å². The normalized spacial score (nSPS) is 17.5. The lowest BCUT2D eigenvalue weighted by Gasteiger charge is -2.32. The molecule has 8 nitrogen and oxygen atoms in total. The highest BCUT2D eigenvalue weighted by atomic mass is 32.2. The van der Waals surface area contributed by atoms with E-state index in [1.165, 1.54) is 21.9 Å². The highest BCUT2D eigenvalue weighted by Crippen LogP contribution is 2.15. The minimum atomic E-state index is -3.18. The Morgan fingerprint density at radius 1 is 1.26 bits per heavy atom. The summed E-state index contributed by atoms with van der Waals surface area (Å²) in [5, 5.41) is 11.5. The second-order valence-electron chi connectivity index (χ2n) is 4.21. The van der Waals surface area contributed by atoms with Gasteiger partial charge in [0.2, 0.25) is 15.2 Å². The van der Waals surface area contributed by atoms with Crippen LogP contribution >= 0.6 is 11.3 Å². The van der Waals surface area contributed by atoms with Crippen LogP contribution in [0.2, 0.25) is 0 Å². The molecule has 10 heteroatoms. The lowest BCUT2D eigenvalue weighted by atomic mass is 10.4. The third kappa shape index (κ3) is 3.61. The number of piperazine rings is 1. The molecular weight excluding hydrogens is 290 g/mol. The maximum absolute atomic E-state index is 11.9. The Morgan fingerprint density at radius 2 is 1.89 bits per heavy atom. The number of hydrogen-bond acceptors (Lipinski definition) is 6. The van der Waals surface area contributed by atoms with Gasteiger partial charge in [0, 0.05) is 26.2 Å². The largest absolute Gasteiger partial charge is 0.323 e. The van der Waals surface area contributed by atoms with Gasteiger partial charge in [-0.15, -0.1) is 10.2 Å². The van der Waals surface area contributed by atoms with Crippen molar-refractivity contribution in [2.24, 2.45) is 0 Å². The van der Waals surface area contributed by atoms with E-state index in [9.17, 15) is 13.2 Å². The molecule has 0 spiro atoms. The topological polar surface area (TPSA) is 95.5 Å². The van der Waals surface area contributed by atoms with E-state index in [-0.39, 0.29) is 6.03 Å². The molecule has 0 aromatic carbocycles. The van der Waals surface area contributed by atoms with E-state index in [0.29, 0.717) is 31.3 Å². The summed E-state index contributed by atoms with van der Waals surface area (Å²) in [5.74, 6) is 0. The van der Waals surface area contributed by atoms with E-state index in [4.69, 9.17) is 0 Å². The Balaban J connectivity index is 1.89. The summed E-state index contributed by atoms with van der Waals surface area (Å²) < 4.78 is 24.1. The molecule has 2 amide bonds. The number of amides is 2. The summed E-state index contributed by atoms with van der Waals surface area (Å²) >= 11 is 1.30. The van der Waals surface area contributed by atoms with Gasteiger partial charge >= 0.3 is 6.03 Å². The monoisotopic (exact) mass is 305 g/mol. The molecule has 2 rings (SSSR count). The van der Waals surface area contributed by atoms with E-state index in [1.54, 1.807) is 11.8 Å². The number of hydrogen-bond donors (Lipinski definition) is 1. The van der Waals surface area contributed by atoms with E-state index >= 15 is 0 Å². The fourth-order valence-corrected chi connectivity index (χ4v) is 3.15. The smallest absolute Gasteiger partial charge is 0.322 e. The van der Waals surface area contributed by atoms with Crippen molar-refractivity contribution in [3.8, 4) is 0 Å². The zero-order chi connectivity index (χ0) is 14.0. The van der Waals surface area contributed by atoms with Crippen LogP contribution in [0.15, 0.2) is 0 Å². The minimum Gasteiger partial charge on any atom is -0.322 e. The van der Waals surface area contributed by atoms with Crippen molar-refractivity contribution in [1.29, 1.82) is 0 Å². The van der Waals surface area contributed by atoms with Gasteiger partial charge in [-0.25, -0.2) is 13.2 Å². The zero-order valence-electron chi connectivity index (χ0n) is 10.7. The van der Waals surface area contributed by atoms with Crippen LogP contribution in [0.25, 0.3) is 0 Å². The number of nitrogens with one attached hydrogen (secondary N) is 1. The summed E-state index contributed by atoms with van der Waals surface area (Å²) in [7, 11) is -3.18. The Morgan fingerprint density at radius 3 is 2.37 bits per heavy atom. The molecule has 19 heavy (non-hydrogen) atoms. The average Bonchev–Trinajstić information content (AvgIpc) is 2.74. The standard InChI is InChI=1S/C9H15N5O3S2/c1-7-11-12-8(18-7)10-9(15)13-3-5-14(6-4-13)19(2,16)17/h3-6H2,1-2H3,(H,10,12,15). The molecule has 1 aromatic rings. The molecular formula is C9H15N5O3S2. The first-order valence-corrected chi connectivity index (χ1v) is 8.34. The average molecular weight is 305 g/mol. The predicted octanol–water partition coefficient (Wildman–Crippen LogP) is -0.0444. The molecule has 1 saturated heterocycles. The van der Waals surface area contributed by atoms with Crippen LogP contribution in [0.4, 0.5) is 9.93 Å². The maximum atomic E-state index is 11.9. The summed E-state index contributed by atoms with van der Waals surface area (Å²) in [6.45, 7) is 3.19. The van der Waals surface area contributed by atoms with E-state index < -0.39 is 10.0 Å². The Bertz CT molecular complexity index is 562. The molecule has 1 N–H and O–H groups in total. The van der Waals surface area contributed by atoms with Gasteiger partial charge in [0.25, 0.3) is 0 Å². The van der Waals surface area contributed by atoms with Gasteiger partial charge < -0.3 is 4.90 Å². The first kappa shape index (κ1) is 14.2. The van der Waals surface area contributed by atoms with Crippen molar-refractivity contribution in [3.63, 3.8) is 0 Å². The number of aryl methyl sites for hydroxylation is 1. The number of carbonyl (C=O) groups excluding carboxylic acids is 1. The molecule has 0 radical (unpaired) electrons. The van der Waals surface area contributed by atoms with Crippen LogP contribution < -0.4 is 5.32 Å². The van der Waals surface area contributed by atoms with Gasteiger partial charge in [-0.05, 0) is 6.92 Å². The number of urea groups is 1. The Kier molecular flexibility index (Phi) is 4.02. The molecule has 1 aliphatic rings. The van der Waals surface area contributed by atoms with Gasteiger partial charge in [0.05, 0.1) is 6.26 Å². The lowest BCUT2D eigenvalue weighted by Crippen LogP contribution is -2.51. The number of nitrogens with zero attached hydrogens (tertiary/aromatic N) is 4. The van der Waals surface area contributed by atoms with Gasteiger partial charge in [-0.2, -0.15) is 4.31 Å². The molecule has 0 bridgehead atoms. The number of sulfonamides is 1. The number of anilines is 1. The van der Waals surface area contributed by atoms with Crippen LogP contribution in [0.5, 0.6) is 0 Å². The predicted molar refractivity (Wildman–Crippen MR) is 71.7 cm³/mol. The van der Waals surface area contributed by atoms with Crippen molar-refractivity contribution in [2.75, 3.05) is 37.8 Å². The van der Waals surface area contributed by atoms with Crippen molar-refractivity contribution < 1.29 is 13.2 Å². The molecule has 106 valence electrons. The van der Waals surface area contributed by atoms with E-state index in [1.807, 2.05) is 0 Å². The molecule has 1 aromatic heterocycles. The van der Waals surface area contributed by atoms with Crippen molar-refractivity contribution in [3.05, 3.63) is 5.01 Å². The van der Waals surface area contributed by atoms with Gasteiger partial charge in [0.15, 0.2) is 0 Å². The van der Waals surface area contributed by atoms with Crippen LogP contribution in [0.1, 0.15) is 5.01 Å². The van der Waals surface area contributed by atoms with Crippen LogP contribution in [0.3, 0.4) is 0 Å². The molecule has 2 heterocycles. The van der Waals surface area contributed by atoms with Crippen molar-refractivity contribution in [2.45, 2.75) is 6.92 Å². The summed E-state index contributed by atoms with van der Waals surface area (Å²) in [6.07, 6.45) is 1.17. The first-order valence-electron chi connectivity index (χ1n) is 5.67. The van der Waals surface area contributed by atoms with Crippen LogP contribution in [-0.4, -0.2) is 66.3 Å². The second kappa shape index (κ2) is 5.39. The summed E-state index contributed by atoms with van der Waals surface area (Å²) in [5.41, 5.74) is 0. The molecule has 0 aliphatic carbocycles. The van der Waals surface area contributed by atoms with Crippen LogP contribution in [0, 0.1) is 6.92 Å². The molecule has 1 fully saturated rings. The number of carbonyl (C=O) groups is 1. The Hall–Kier alpha value is -1.26. The summed E-state index contributed by atoms with van der Waals surface area (Å²) in [6, 6.07) is -0.274. The number of rotatable bonds is 2. The third-order valence-corrected chi connectivity index (χ3v) is 4.79. The van der Waals surface area contributed by atoms with Gasteiger partial charge in [-0.1, -0.05) is 11.3 Å². The zero-order valence-corrected chi connectivity index (χ0v) is 12.3. The van der Waals surface area contributed by atoms with Gasteiger partial charge in [0.1, 0.15) is 5.01 Å². The van der Waals surface area contributed by atoms with E-state index in [2.05, 4.69) is 15.5 Å². The molecule has 1 aliphatic heterocycles. The molecule has 0 atom stereocenters. The van der Waals surface area contributed by atoms with Crippen LogP contribution in [-0.2, 0) is 10.0 Å². The molecule has 0 unspecified atom stereocenters. The molecule has 0 saturated carbocycles.